The van der Waals surface area contributed by atoms with E-state index in [1.165, 1.54) is 0 Å². The first-order valence-electron chi connectivity index (χ1n) is 6.96. The highest BCUT2D eigenvalue weighted by Crippen LogP contribution is 2.18. The van der Waals surface area contributed by atoms with Gasteiger partial charge in [0.25, 0.3) is 5.52 Å². The molecule has 0 radical (unpaired) electrons. The molecule has 0 aliphatic heterocycles. The van der Waals surface area contributed by atoms with Gasteiger partial charge < -0.3 is 10.4 Å². The van der Waals surface area contributed by atoms with Crippen molar-refractivity contribution < 1.29 is 9.58 Å². The van der Waals surface area contributed by atoms with Gasteiger partial charge in [-0.2, -0.15) is 0 Å². The zero-order chi connectivity index (χ0) is 15.8. The molecular formula is C16H11N5O2. The molecule has 0 amide bonds. The molecule has 0 unspecified atom stereocenters. The normalized spacial score (nSPS) is 11.0. The molecule has 112 valence electrons. The lowest BCUT2D eigenvalue weighted by Crippen LogP contribution is -2.43. The molecule has 0 fully saturated rings. The third-order valence-electron chi connectivity index (χ3n) is 3.53. The molecule has 7 heteroatoms. The molecule has 2 aromatic heterocycles. The summed E-state index contributed by atoms with van der Waals surface area (Å²) in [5.74, 6) is -0.101. The third kappa shape index (κ3) is 2.24. The molecule has 1 N–H and O–H groups in total. The first-order chi connectivity index (χ1) is 11.2. The first-order valence-corrected chi connectivity index (χ1v) is 6.96. The molecule has 0 atom stereocenters. The van der Waals surface area contributed by atoms with E-state index >= 15 is 0 Å². The Hall–Kier alpha value is -3.48. The van der Waals surface area contributed by atoms with Gasteiger partial charge in [0.2, 0.25) is 5.10 Å². The number of rotatable bonds is 2. The minimum atomic E-state index is -0.101. The Morgan fingerprint density at radius 2 is 1.65 bits per heavy atom. The van der Waals surface area contributed by atoms with Crippen LogP contribution in [0.3, 0.4) is 0 Å². The fourth-order valence-electron chi connectivity index (χ4n) is 2.44. The largest absolute Gasteiger partial charge is 0.739 e. The van der Waals surface area contributed by atoms with Crippen molar-refractivity contribution in [3.63, 3.8) is 0 Å². The van der Waals surface area contributed by atoms with Crippen molar-refractivity contribution in [1.29, 1.82) is 0 Å². The van der Waals surface area contributed by atoms with E-state index in [0.717, 1.165) is 10.9 Å². The van der Waals surface area contributed by atoms with Crippen LogP contribution in [0.15, 0.2) is 60.8 Å². The predicted molar refractivity (Wildman–Crippen MR) is 84.7 cm³/mol. The van der Waals surface area contributed by atoms with Gasteiger partial charge in [0.15, 0.2) is 5.52 Å². The summed E-state index contributed by atoms with van der Waals surface area (Å²) in [5.41, 5.74) is 1.88. The van der Waals surface area contributed by atoms with Gasteiger partial charge in [-0.25, -0.2) is 10.0 Å². The Labute approximate surface area is 130 Å². The van der Waals surface area contributed by atoms with Crippen molar-refractivity contribution >= 4 is 33.6 Å². The van der Waals surface area contributed by atoms with Gasteiger partial charge in [-0.05, 0) is 18.2 Å². The average molecular weight is 305 g/mol. The van der Waals surface area contributed by atoms with Crippen molar-refractivity contribution in [1.82, 2.24) is 10.1 Å². The second kappa shape index (κ2) is 5.06. The standard InChI is InChI=1S/C16H11N5O2/c22-20-14-7-3-4-8-15(14)21(23)19-16(20)18-12-9-11-5-1-2-6-13(11)17-10-12/h1-10H,(H,18,19). The Morgan fingerprint density at radius 1 is 0.913 bits per heavy atom. The van der Waals surface area contributed by atoms with Crippen LogP contribution in [-0.2, 0) is 0 Å². The number of hydrogen-bond acceptors (Lipinski definition) is 5. The van der Waals surface area contributed by atoms with Crippen molar-refractivity contribution in [2.24, 2.45) is 0 Å². The second-order valence-electron chi connectivity index (χ2n) is 5.02. The molecule has 0 spiro atoms. The van der Waals surface area contributed by atoms with Crippen molar-refractivity contribution in [2.75, 3.05) is 5.32 Å². The minimum absolute atomic E-state index is 0.101. The predicted octanol–water partition coefficient (Wildman–Crippen LogP) is 1.79. The zero-order valence-electron chi connectivity index (χ0n) is 11.9. The number of fused-ring (bicyclic) bond motifs is 2. The van der Waals surface area contributed by atoms with E-state index in [1.807, 2.05) is 30.3 Å². The van der Waals surface area contributed by atoms with Crippen LogP contribution < -0.4 is 14.9 Å². The highest BCUT2D eigenvalue weighted by molar-refractivity contribution is 5.82. The molecule has 0 aliphatic rings. The number of anilines is 2. The van der Waals surface area contributed by atoms with Crippen molar-refractivity contribution in [3.05, 3.63) is 71.2 Å². The van der Waals surface area contributed by atoms with Crippen LogP contribution in [0, 0.1) is 10.4 Å². The van der Waals surface area contributed by atoms with Gasteiger partial charge in [0, 0.05) is 16.3 Å². The van der Waals surface area contributed by atoms with Crippen LogP contribution in [0.25, 0.3) is 21.9 Å². The SMILES string of the molecule is [O-][n+]1nc(Nc2cnc3ccccc3c2)[n+]([O-])c2ccccc21. The topological polar surface area (TPSA) is 91.7 Å². The van der Waals surface area contributed by atoms with E-state index in [2.05, 4.69) is 15.4 Å². The Balaban J connectivity index is 1.81. The maximum atomic E-state index is 12.4. The zero-order valence-corrected chi connectivity index (χ0v) is 11.9. The van der Waals surface area contributed by atoms with Crippen LogP contribution in [-0.4, -0.2) is 10.1 Å². The van der Waals surface area contributed by atoms with Crippen molar-refractivity contribution in [3.8, 4) is 0 Å². The molecule has 2 aromatic carbocycles. The van der Waals surface area contributed by atoms with Gasteiger partial charge in [0.1, 0.15) is 5.69 Å². The Bertz CT molecular complexity index is 1040. The van der Waals surface area contributed by atoms with E-state index in [4.69, 9.17) is 0 Å². The van der Waals surface area contributed by atoms with Gasteiger partial charge >= 0.3 is 5.95 Å². The number of benzene rings is 2. The first kappa shape index (κ1) is 13.2. The fourth-order valence-corrected chi connectivity index (χ4v) is 2.44. The number of nitrogens with one attached hydrogen (secondary N) is 1. The molecule has 0 aliphatic carbocycles. The number of hydrogen-bond donors (Lipinski definition) is 1. The maximum absolute atomic E-state index is 12.4. The summed E-state index contributed by atoms with van der Waals surface area (Å²) in [7, 11) is 0. The second-order valence-corrected chi connectivity index (χ2v) is 5.02. The molecule has 4 aromatic rings. The average Bonchev–Trinajstić information content (AvgIpc) is 2.59. The van der Waals surface area contributed by atoms with Crippen LogP contribution in [0.1, 0.15) is 0 Å². The van der Waals surface area contributed by atoms with Gasteiger partial charge in [-0.3, -0.25) is 4.98 Å². The molecule has 0 saturated heterocycles. The van der Waals surface area contributed by atoms with Crippen molar-refractivity contribution in [2.45, 2.75) is 0 Å². The molecule has 2 heterocycles. The summed E-state index contributed by atoms with van der Waals surface area (Å²) < 4.78 is 0.596. The lowest BCUT2D eigenvalue weighted by molar-refractivity contribution is -0.672. The van der Waals surface area contributed by atoms with E-state index < -0.39 is 0 Å². The molecule has 0 bridgehead atoms. The summed E-state index contributed by atoms with van der Waals surface area (Å²) in [4.78, 5) is 4.74. The van der Waals surface area contributed by atoms with Gasteiger partial charge in [-0.15, -0.1) is 0 Å². The molecule has 4 rings (SSSR count). The quantitative estimate of drug-likeness (QED) is 0.450. The Morgan fingerprint density at radius 3 is 2.52 bits per heavy atom. The third-order valence-corrected chi connectivity index (χ3v) is 3.53. The number of aromatic nitrogens is 4. The number of pyridine rings is 1. The van der Waals surface area contributed by atoms with E-state index in [-0.39, 0.29) is 17.0 Å². The molecule has 7 nitrogen and oxygen atoms in total. The maximum Gasteiger partial charge on any atom is 0.465 e. The number of para-hydroxylation sites is 3. The smallest absolute Gasteiger partial charge is 0.465 e. The fraction of sp³-hybridized carbons (Fsp3) is 0. The van der Waals surface area contributed by atoms with E-state index in [1.54, 1.807) is 30.5 Å². The monoisotopic (exact) mass is 305 g/mol. The highest BCUT2D eigenvalue weighted by atomic mass is 16.5. The van der Waals surface area contributed by atoms with E-state index in [0.29, 0.717) is 15.3 Å². The van der Waals surface area contributed by atoms with E-state index in [9.17, 15) is 10.4 Å². The molecular weight excluding hydrogens is 294 g/mol. The summed E-state index contributed by atoms with van der Waals surface area (Å²) in [6, 6.07) is 16.0. The molecule has 0 saturated carbocycles. The van der Waals surface area contributed by atoms with Gasteiger partial charge in [0.05, 0.1) is 11.7 Å². The summed E-state index contributed by atoms with van der Waals surface area (Å²) in [6.07, 6.45) is 1.59. The molecule has 23 heavy (non-hydrogen) atoms. The highest BCUT2D eigenvalue weighted by Gasteiger charge is 2.20. The summed E-state index contributed by atoms with van der Waals surface area (Å²) >= 11 is 0. The lowest BCUT2D eigenvalue weighted by atomic mass is 10.2. The lowest BCUT2D eigenvalue weighted by Gasteiger charge is -2.09. The van der Waals surface area contributed by atoms with Crippen LogP contribution in [0.5, 0.6) is 0 Å². The van der Waals surface area contributed by atoms with Crippen LogP contribution in [0.4, 0.5) is 11.6 Å². The minimum Gasteiger partial charge on any atom is -0.739 e. The van der Waals surface area contributed by atoms with Gasteiger partial charge in [-0.1, -0.05) is 30.3 Å². The van der Waals surface area contributed by atoms with Crippen LogP contribution in [0.2, 0.25) is 0 Å². The number of nitrogens with zero attached hydrogens (tertiary/aromatic N) is 4. The van der Waals surface area contributed by atoms with Crippen LogP contribution >= 0.6 is 0 Å². The summed E-state index contributed by atoms with van der Waals surface area (Å²) in [5, 5.41) is 31.8. The summed E-state index contributed by atoms with van der Waals surface area (Å²) in [6.45, 7) is 0. The Kier molecular flexibility index (Phi) is 2.90.